The molecule has 0 bridgehead atoms. The van der Waals surface area contributed by atoms with Gasteiger partial charge < -0.3 is 31.5 Å². The predicted octanol–water partition coefficient (Wildman–Crippen LogP) is 1.76. The molecule has 1 aliphatic heterocycles. The van der Waals surface area contributed by atoms with E-state index in [4.69, 9.17) is 5.73 Å². The maximum absolute atomic E-state index is 12.7. The van der Waals surface area contributed by atoms with E-state index in [1.54, 1.807) is 24.4 Å². The Bertz CT molecular complexity index is 1130. The third kappa shape index (κ3) is 8.27. The SMILES string of the molecule is CCCC(CNC(C)=O)Nc1nc(N)nc(/C=C\N(C=O)Cc2ccc(C(=O)N3CCNCC3)cc2)c1C. The molecule has 1 fully saturated rings. The first-order valence-electron chi connectivity index (χ1n) is 12.9. The lowest BCUT2D eigenvalue weighted by Crippen LogP contribution is -2.46. The van der Waals surface area contributed by atoms with Crippen LogP contribution in [0.5, 0.6) is 0 Å². The fourth-order valence-corrected chi connectivity index (χ4v) is 4.19. The van der Waals surface area contributed by atoms with Crippen LogP contribution in [0.3, 0.4) is 0 Å². The van der Waals surface area contributed by atoms with Gasteiger partial charge in [0.1, 0.15) is 5.82 Å². The summed E-state index contributed by atoms with van der Waals surface area (Å²) in [6.07, 6.45) is 5.88. The standard InChI is InChI=1S/C27H38N8O3/c1-4-5-23(16-30-20(3)37)31-25-19(2)24(32-27(28)33-25)10-13-34(18-36)17-21-6-8-22(9-7-21)26(38)35-14-11-29-12-15-35/h6-10,13,18,23,29H,4-5,11-12,14-17H2,1-3H3,(H,30,37)(H3,28,31,32,33)/b13-10-. The van der Waals surface area contributed by atoms with E-state index in [0.29, 0.717) is 43.3 Å². The van der Waals surface area contributed by atoms with E-state index in [2.05, 4.69) is 32.8 Å². The molecule has 1 aromatic carbocycles. The number of nitrogens with one attached hydrogen (secondary N) is 3. The number of carbonyl (C=O) groups excluding carboxylic acids is 3. The zero-order valence-electron chi connectivity index (χ0n) is 22.4. The van der Waals surface area contributed by atoms with Crippen LogP contribution in [0, 0.1) is 6.92 Å². The molecule has 2 heterocycles. The number of nitrogens with two attached hydrogens (primary N) is 1. The molecule has 0 spiro atoms. The summed E-state index contributed by atoms with van der Waals surface area (Å²) < 4.78 is 0. The predicted molar refractivity (Wildman–Crippen MR) is 148 cm³/mol. The van der Waals surface area contributed by atoms with Crippen molar-refractivity contribution in [2.75, 3.05) is 43.8 Å². The summed E-state index contributed by atoms with van der Waals surface area (Å²) in [6.45, 7) is 9.24. The molecule has 11 nitrogen and oxygen atoms in total. The number of nitrogens with zero attached hydrogens (tertiary/aromatic N) is 4. The first-order valence-corrected chi connectivity index (χ1v) is 12.9. The Kier molecular flexibility index (Phi) is 10.6. The molecule has 3 rings (SSSR count). The number of nitrogen functional groups attached to an aromatic ring is 1. The second-order valence-electron chi connectivity index (χ2n) is 9.34. The van der Waals surface area contributed by atoms with Crippen molar-refractivity contribution in [1.82, 2.24) is 30.4 Å². The zero-order chi connectivity index (χ0) is 27.5. The van der Waals surface area contributed by atoms with Gasteiger partial charge in [0.25, 0.3) is 5.91 Å². The van der Waals surface area contributed by atoms with Crippen molar-refractivity contribution in [2.45, 2.75) is 46.2 Å². The van der Waals surface area contributed by atoms with Gasteiger partial charge >= 0.3 is 0 Å². The summed E-state index contributed by atoms with van der Waals surface area (Å²) in [5, 5.41) is 9.45. The van der Waals surface area contributed by atoms with Crippen LogP contribution in [0.4, 0.5) is 11.8 Å². The van der Waals surface area contributed by atoms with Gasteiger partial charge in [-0.1, -0.05) is 25.5 Å². The number of amides is 3. The van der Waals surface area contributed by atoms with Gasteiger partial charge in [-0.15, -0.1) is 0 Å². The van der Waals surface area contributed by atoms with Crippen molar-refractivity contribution >= 4 is 36.1 Å². The minimum absolute atomic E-state index is 0.0124. The molecule has 1 aliphatic rings. The van der Waals surface area contributed by atoms with Crippen LogP contribution in [-0.2, 0) is 16.1 Å². The third-order valence-electron chi connectivity index (χ3n) is 6.31. The van der Waals surface area contributed by atoms with Gasteiger partial charge in [0.2, 0.25) is 18.3 Å². The Morgan fingerprint density at radius 3 is 2.55 bits per heavy atom. The number of hydrogen-bond donors (Lipinski definition) is 4. The maximum atomic E-state index is 12.7. The molecule has 38 heavy (non-hydrogen) atoms. The summed E-state index contributed by atoms with van der Waals surface area (Å²) in [4.78, 5) is 47.8. The molecule has 2 aromatic rings. The number of carbonyl (C=O) groups is 3. The van der Waals surface area contributed by atoms with E-state index < -0.39 is 0 Å². The monoisotopic (exact) mass is 522 g/mol. The molecule has 0 aliphatic carbocycles. The molecule has 1 unspecified atom stereocenters. The van der Waals surface area contributed by atoms with Crippen LogP contribution in [0.25, 0.3) is 6.08 Å². The lowest BCUT2D eigenvalue weighted by molar-refractivity contribution is -0.119. The van der Waals surface area contributed by atoms with Gasteiger partial charge in [-0.05, 0) is 37.1 Å². The average Bonchev–Trinajstić information content (AvgIpc) is 2.92. The van der Waals surface area contributed by atoms with Crippen molar-refractivity contribution in [1.29, 1.82) is 0 Å². The minimum Gasteiger partial charge on any atom is -0.368 e. The quantitative estimate of drug-likeness (QED) is 0.309. The highest BCUT2D eigenvalue weighted by molar-refractivity contribution is 5.94. The van der Waals surface area contributed by atoms with Gasteiger partial charge in [-0.2, -0.15) is 4.98 Å². The molecule has 5 N–H and O–H groups in total. The fraction of sp³-hybridized carbons (Fsp3) is 0.444. The van der Waals surface area contributed by atoms with E-state index in [-0.39, 0.29) is 23.8 Å². The molecular formula is C27H38N8O3. The molecule has 1 saturated heterocycles. The topological polar surface area (TPSA) is 146 Å². The first-order chi connectivity index (χ1) is 18.3. The van der Waals surface area contributed by atoms with Crippen LogP contribution in [0.1, 0.15) is 53.9 Å². The van der Waals surface area contributed by atoms with Crippen LogP contribution in [0.15, 0.2) is 30.5 Å². The Morgan fingerprint density at radius 1 is 1.21 bits per heavy atom. The molecular weight excluding hydrogens is 484 g/mol. The number of aromatic nitrogens is 2. The molecule has 204 valence electrons. The number of benzene rings is 1. The van der Waals surface area contributed by atoms with E-state index >= 15 is 0 Å². The van der Waals surface area contributed by atoms with E-state index in [1.807, 2.05) is 24.0 Å². The smallest absolute Gasteiger partial charge is 0.253 e. The van der Waals surface area contributed by atoms with Gasteiger partial charge in [-0.25, -0.2) is 4.98 Å². The Labute approximate surface area is 223 Å². The van der Waals surface area contributed by atoms with Gasteiger partial charge in [0.05, 0.1) is 5.69 Å². The lowest BCUT2D eigenvalue weighted by atomic mass is 10.1. The van der Waals surface area contributed by atoms with E-state index in [9.17, 15) is 14.4 Å². The van der Waals surface area contributed by atoms with Crippen molar-refractivity contribution < 1.29 is 14.4 Å². The van der Waals surface area contributed by atoms with E-state index in [0.717, 1.165) is 43.5 Å². The largest absolute Gasteiger partial charge is 0.368 e. The number of piperazine rings is 1. The van der Waals surface area contributed by atoms with Crippen molar-refractivity contribution in [3.63, 3.8) is 0 Å². The molecule has 1 atom stereocenters. The number of anilines is 2. The molecule has 0 saturated carbocycles. The summed E-state index contributed by atoms with van der Waals surface area (Å²) in [5.74, 6) is 0.619. The third-order valence-corrected chi connectivity index (χ3v) is 6.31. The molecule has 0 radical (unpaired) electrons. The van der Waals surface area contributed by atoms with Crippen LogP contribution >= 0.6 is 0 Å². The van der Waals surface area contributed by atoms with Crippen LogP contribution in [-0.4, -0.2) is 76.8 Å². The second kappa shape index (κ2) is 14.1. The van der Waals surface area contributed by atoms with Crippen molar-refractivity contribution in [3.05, 3.63) is 52.8 Å². The van der Waals surface area contributed by atoms with Crippen LogP contribution in [0.2, 0.25) is 0 Å². The summed E-state index contributed by atoms with van der Waals surface area (Å²) >= 11 is 0. The Balaban J connectivity index is 1.68. The van der Waals surface area contributed by atoms with Crippen LogP contribution < -0.4 is 21.7 Å². The van der Waals surface area contributed by atoms with E-state index in [1.165, 1.54) is 11.8 Å². The summed E-state index contributed by atoms with van der Waals surface area (Å²) in [5.41, 5.74) is 8.86. The first kappa shape index (κ1) is 28.6. The van der Waals surface area contributed by atoms with Gasteiger partial charge in [0, 0.05) is 69.6 Å². The number of hydrogen-bond acceptors (Lipinski definition) is 8. The lowest BCUT2D eigenvalue weighted by Gasteiger charge is -2.27. The summed E-state index contributed by atoms with van der Waals surface area (Å²) in [6, 6.07) is 7.31. The normalized spacial score (nSPS) is 14.2. The highest BCUT2D eigenvalue weighted by Gasteiger charge is 2.18. The van der Waals surface area contributed by atoms with Gasteiger partial charge in [0.15, 0.2) is 0 Å². The maximum Gasteiger partial charge on any atom is 0.253 e. The minimum atomic E-state index is -0.0924. The molecule has 11 heteroatoms. The second-order valence-corrected chi connectivity index (χ2v) is 9.34. The highest BCUT2D eigenvalue weighted by atomic mass is 16.2. The molecule has 1 aromatic heterocycles. The highest BCUT2D eigenvalue weighted by Crippen LogP contribution is 2.20. The Hall–Kier alpha value is -3.99. The molecule has 3 amide bonds. The fourth-order valence-electron chi connectivity index (χ4n) is 4.19. The Morgan fingerprint density at radius 2 is 1.92 bits per heavy atom. The zero-order valence-corrected chi connectivity index (χ0v) is 22.4. The van der Waals surface area contributed by atoms with Crippen molar-refractivity contribution in [3.8, 4) is 0 Å². The number of rotatable bonds is 12. The van der Waals surface area contributed by atoms with Gasteiger partial charge in [-0.3, -0.25) is 14.4 Å². The summed E-state index contributed by atoms with van der Waals surface area (Å²) in [7, 11) is 0. The van der Waals surface area contributed by atoms with Crippen molar-refractivity contribution in [2.24, 2.45) is 0 Å². The average molecular weight is 523 g/mol.